The van der Waals surface area contributed by atoms with Gasteiger partial charge in [-0.3, -0.25) is 0 Å². The SMILES string of the molecule is Clc1cc(Cl)c2c(c1)C(NCc1ccc(Cl)s1)CCO2. The van der Waals surface area contributed by atoms with E-state index in [4.69, 9.17) is 39.5 Å². The van der Waals surface area contributed by atoms with E-state index in [2.05, 4.69) is 5.32 Å². The summed E-state index contributed by atoms with van der Waals surface area (Å²) in [6, 6.07) is 7.76. The van der Waals surface area contributed by atoms with Crippen LogP contribution in [0.1, 0.15) is 22.9 Å². The van der Waals surface area contributed by atoms with E-state index >= 15 is 0 Å². The average molecular weight is 349 g/mol. The first-order chi connectivity index (χ1) is 9.63. The van der Waals surface area contributed by atoms with Gasteiger partial charge in [0, 0.05) is 34.5 Å². The first-order valence-corrected chi connectivity index (χ1v) is 8.18. The fourth-order valence-corrected chi connectivity index (χ4v) is 3.91. The highest BCUT2D eigenvalue weighted by molar-refractivity contribution is 7.16. The molecule has 0 fully saturated rings. The third-order valence-electron chi connectivity index (χ3n) is 3.22. The Kier molecular flexibility index (Phi) is 4.43. The number of nitrogens with one attached hydrogen (secondary N) is 1. The zero-order valence-electron chi connectivity index (χ0n) is 10.5. The highest BCUT2D eigenvalue weighted by Gasteiger charge is 2.24. The maximum Gasteiger partial charge on any atom is 0.142 e. The molecule has 106 valence electrons. The summed E-state index contributed by atoms with van der Waals surface area (Å²) in [5, 5.41) is 4.71. The number of fused-ring (bicyclic) bond motifs is 1. The van der Waals surface area contributed by atoms with Gasteiger partial charge < -0.3 is 10.1 Å². The Balaban J connectivity index is 1.79. The van der Waals surface area contributed by atoms with E-state index in [0.717, 1.165) is 28.6 Å². The van der Waals surface area contributed by atoms with Gasteiger partial charge >= 0.3 is 0 Å². The van der Waals surface area contributed by atoms with Crippen molar-refractivity contribution in [2.75, 3.05) is 6.61 Å². The molecule has 20 heavy (non-hydrogen) atoms. The van der Waals surface area contributed by atoms with Crippen LogP contribution in [0.4, 0.5) is 0 Å². The maximum atomic E-state index is 6.18. The quantitative estimate of drug-likeness (QED) is 0.810. The molecular formula is C14H12Cl3NOS. The molecule has 3 rings (SSSR count). The summed E-state index contributed by atoms with van der Waals surface area (Å²) in [5.74, 6) is 0.740. The van der Waals surface area contributed by atoms with Crippen LogP contribution >= 0.6 is 46.1 Å². The van der Waals surface area contributed by atoms with Gasteiger partial charge in [0.25, 0.3) is 0 Å². The summed E-state index contributed by atoms with van der Waals surface area (Å²) in [6.07, 6.45) is 0.892. The number of halogens is 3. The third kappa shape index (κ3) is 3.07. The van der Waals surface area contributed by atoms with Gasteiger partial charge in [0.2, 0.25) is 0 Å². The van der Waals surface area contributed by atoms with Crippen molar-refractivity contribution >= 4 is 46.1 Å². The third-order valence-corrected chi connectivity index (χ3v) is 4.95. The van der Waals surface area contributed by atoms with Crippen LogP contribution in [0.25, 0.3) is 0 Å². The highest BCUT2D eigenvalue weighted by atomic mass is 35.5. The lowest BCUT2D eigenvalue weighted by atomic mass is 10.0. The lowest BCUT2D eigenvalue weighted by molar-refractivity contribution is 0.252. The number of benzene rings is 1. The lowest BCUT2D eigenvalue weighted by Gasteiger charge is -2.27. The molecule has 0 amide bonds. The number of rotatable bonds is 3. The molecule has 0 spiro atoms. The Morgan fingerprint density at radius 1 is 1.25 bits per heavy atom. The molecule has 2 aromatic rings. The summed E-state index contributed by atoms with van der Waals surface area (Å²) in [5.41, 5.74) is 1.02. The molecule has 1 aromatic carbocycles. The van der Waals surface area contributed by atoms with Gasteiger partial charge in [-0.05, 0) is 24.3 Å². The molecule has 0 saturated heterocycles. The summed E-state index contributed by atoms with van der Waals surface area (Å²) in [4.78, 5) is 1.20. The molecule has 2 heterocycles. The lowest BCUT2D eigenvalue weighted by Crippen LogP contribution is -2.26. The molecule has 1 atom stereocenters. The molecule has 0 aliphatic carbocycles. The second-order valence-corrected chi connectivity index (χ2v) is 7.23. The van der Waals surface area contributed by atoms with Gasteiger partial charge in [0.15, 0.2) is 0 Å². The molecule has 1 aliphatic heterocycles. The Bertz CT molecular complexity index is 629. The van der Waals surface area contributed by atoms with Crippen LogP contribution in [0.15, 0.2) is 24.3 Å². The van der Waals surface area contributed by atoms with Crippen molar-refractivity contribution in [3.63, 3.8) is 0 Å². The van der Waals surface area contributed by atoms with E-state index < -0.39 is 0 Å². The minimum absolute atomic E-state index is 0.191. The monoisotopic (exact) mass is 347 g/mol. The van der Waals surface area contributed by atoms with Gasteiger partial charge in [-0.15, -0.1) is 11.3 Å². The van der Waals surface area contributed by atoms with Crippen LogP contribution < -0.4 is 10.1 Å². The summed E-state index contributed by atoms with van der Waals surface area (Å²) >= 11 is 19.8. The fourth-order valence-electron chi connectivity index (χ4n) is 2.31. The zero-order valence-corrected chi connectivity index (χ0v) is 13.5. The minimum atomic E-state index is 0.191. The topological polar surface area (TPSA) is 21.3 Å². The minimum Gasteiger partial charge on any atom is -0.492 e. The van der Waals surface area contributed by atoms with Crippen LogP contribution in [0.3, 0.4) is 0 Å². The second kappa shape index (κ2) is 6.12. The highest BCUT2D eigenvalue weighted by Crippen LogP contribution is 2.40. The second-order valence-electron chi connectivity index (χ2n) is 4.58. The molecular weight excluding hydrogens is 337 g/mol. The van der Waals surface area contributed by atoms with E-state index in [0.29, 0.717) is 16.7 Å². The van der Waals surface area contributed by atoms with Crippen LogP contribution in [0.5, 0.6) is 5.75 Å². The standard InChI is InChI=1S/C14H12Cl3NOS/c15-8-5-10-12(3-4-19-14(10)11(16)6-8)18-7-9-1-2-13(17)20-9/h1-2,5-6,12,18H,3-4,7H2. The smallest absolute Gasteiger partial charge is 0.142 e. The molecule has 2 nitrogen and oxygen atoms in total. The Morgan fingerprint density at radius 2 is 2.10 bits per heavy atom. The first-order valence-electron chi connectivity index (χ1n) is 6.23. The molecule has 0 radical (unpaired) electrons. The number of hydrogen-bond acceptors (Lipinski definition) is 3. The largest absolute Gasteiger partial charge is 0.492 e. The van der Waals surface area contributed by atoms with E-state index in [1.807, 2.05) is 18.2 Å². The molecule has 1 aromatic heterocycles. The molecule has 1 unspecified atom stereocenters. The van der Waals surface area contributed by atoms with E-state index in [-0.39, 0.29) is 6.04 Å². The Morgan fingerprint density at radius 3 is 2.85 bits per heavy atom. The van der Waals surface area contributed by atoms with Gasteiger partial charge in [0.05, 0.1) is 16.0 Å². The van der Waals surface area contributed by atoms with Crippen molar-refractivity contribution in [1.29, 1.82) is 0 Å². The molecule has 0 bridgehead atoms. The Hall–Kier alpha value is -0.450. The molecule has 1 N–H and O–H groups in total. The normalized spacial score (nSPS) is 17.6. The number of ether oxygens (including phenoxy) is 1. The van der Waals surface area contributed by atoms with Gasteiger partial charge in [0.1, 0.15) is 5.75 Å². The predicted molar refractivity (Wildman–Crippen MR) is 85.5 cm³/mol. The van der Waals surface area contributed by atoms with E-state index in [1.54, 1.807) is 17.4 Å². The average Bonchev–Trinajstić information content (AvgIpc) is 2.82. The van der Waals surface area contributed by atoms with Crippen molar-refractivity contribution < 1.29 is 4.74 Å². The van der Waals surface area contributed by atoms with Crippen molar-refractivity contribution in [1.82, 2.24) is 5.32 Å². The molecule has 0 saturated carbocycles. The van der Waals surface area contributed by atoms with Crippen molar-refractivity contribution in [3.05, 3.63) is 49.1 Å². The van der Waals surface area contributed by atoms with Gasteiger partial charge in [-0.1, -0.05) is 34.8 Å². The fraction of sp³-hybridized carbons (Fsp3) is 0.286. The van der Waals surface area contributed by atoms with Crippen molar-refractivity contribution in [3.8, 4) is 5.75 Å². The van der Waals surface area contributed by atoms with Gasteiger partial charge in [-0.25, -0.2) is 0 Å². The summed E-state index contributed by atoms with van der Waals surface area (Å²) < 4.78 is 6.45. The number of thiophene rings is 1. The van der Waals surface area contributed by atoms with Crippen LogP contribution in [0, 0.1) is 0 Å². The maximum absolute atomic E-state index is 6.18. The predicted octanol–water partition coefficient (Wildman–Crippen LogP) is 5.32. The van der Waals surface area contributed by atoms with Crippen LogP contribution in [0.2, 0.25) is 14.4 Å². The van der Waals surface area contributed by atoms with Crippen LogP contribution in [-0.2, 0) is 6.54 Å². The van der Waals surface area contributed by atoms with Crippen LogP contribution in [-0.4, -0.2) is 6.61 Å². The first kappa shape index (κ1) is 14.5. The molecule has 1 aliphatic rings. The van der Waals surface area contributed by atoms with E-state index in [1.165, 1.54) is 4.88 Å². The van der Waals surface area contributed by atoms with E-state index in [9.17, 15) is 0 Å². The van der Waals surface area contributed by atoms with Gasteiger partial charge in [-0.2, -0.15) is 0 Å². The van der Waals surface area contributed by atoms with Crippen molar-refractivity contribution in [2.45, 2.75) is 19.0 Å². The summed E-state index contributed by atoms with van der Waals surface area (Å²) in [7, 11) is 0. The Labute approximate surface area is 136 Å². The number of hydrogen-bond donors (Lipinski definition) is 1. The summed E-state index contributed by atoms with van der Waals surface area (Å²) in [6.45, 7) is 1.42. The van der Waals surface area contributed by atoms with Crippen molar-refractivity contribution in [2.24, 2.45) is 0 Å². The molecule has 6 heteroatoms. The zero-order chi connectivity index (χ0) is 14.1.